The molecule has 4 heteroatoms. The van der Waals surface area contributed by atoms with Crippen LogP contribution in [-0.2, 0) is 0 Å². The lowest BCUT2D eigenvalue weighted by Gasteiger charge is -2.26. The van der Waals surface area contributed by atoms with Gasteiger partial charge < -0.3 is 10.6 Å². The number of hydrogen-bond acceptors (Lipinski definition) is 4. The largest absolute Gasteiger partial charge is 0.373 e. The molecule has 4 nitrogen and oxygen atoms in total. The maximum atomic E-state index is 4.23. The lowest BCUT2D eigenvalue weighted by Crippen LogP contribution is -2.21. The third-order valence-electron chi connectivity index (χ3n) is 3.54. The van der Waals surface area contributed by atoms with Gasteiger partial charge in [-0.1, -0.05) is 19.8 Å². The van der Waals surface area contributed by atoms with E-state index < -0.39 is 0 Å². The molecule has 2 N–H and O–H groups in total. The zero-order valence-corrected chi connectivity index (χ0v) is 10.7. The quantitative estimate of drug-likeness (QED) is 0.841. The Morgan fingerprint density at radius 1 is 1.29 bits per heavy atom. The number of nitrogens with one attached hydrogen (secondary N) is 2. The first-order valence-corrected chi connectivity index (χ1v) is 6.51. The van der Waals surface area contributed by atoms with Crippen LogP contribution in [0.25, 0.3) is 0 Å². The fraction of sp³-hybridized carbons (Fsp3) is 0.692. The number of nitrogens with zero attached hydrogens (tertiary/aromatic N) is 2. The van der Waals surface area contributed by atoms with E-state index in [1.807, 2.05) is 13.1 Å². The molecule has 1 aliphatic carbocycles. The standard InChI is InChI=1S/C13H22N4/c1-10-4-3-5-11(6-10)8-15-13-7-12(14-2)16-9-17-13/h7,9-11H,3-6,8H2,1-2H3,(H2,14,15,16,17). The average Bonchev–Trinajstić information content (AvgIpc) is 2.37. The van der Waals surface area contributed by atoms with Gasteiger partial charge in [-0.15, -0.1) is 0 Å². The van der Waals surface area contributed by atoms with E-state index in [-0.39, 0.29) is 0 Å². The second-order valence-corrected chi connectivity index (χ2v) is 5.06. The molecule has 0 spiro atoms. The fourth-order valence-electron chi connectivity index (χ4n) is 2.58. The van der Waals surface area contributed by atoms with Crippen LogP contribution in [0, 0.1) is 11.8 Å². The van der Waals surface area contributed by atoms with Crippen molar-refractivity contribution < 1.29 is 0 Å². The Labute approximate surface area is 103 Å². The minimum absolute atomic E-state index is 0.798. The van der Waals surface area contributed by atoms with Gasteiger partial charge in [0, 0.05) is 19.7 Å². The summed E-state index contributed by atoms with van der Waals surface area (Å²) in [6.45, 7) is 3.39. The maximum Gasteiger partial charge on any atom is 0.131 e. The fourth-order valence-corrected chi connectivity index (χ4v) is 2.58. The van der Waals surface area contributed by atoms with Crippen LogP contribution in [0.2, 0.25) is 0 Å². The lowest BCUT2D eigenvalue weighted by molar-refractivity contribution is 0.293. The number of aromatic nitrogens is 2. The molecule has 0 bridgehead atoms. The summed E-state index contributed by atoms with van der Waals surface area (Å²) in [5, 5.41) is 6.44. The van der Waals surface area contributed by atoms with Gasteiger partial charge in [0.05, 0.1) is 0 Å². The van der Waals surface area contributed by atoms with E-state index in [2.05, 4.69) is 27.5 Å². The first-order chi connectivity index (χ1) is 8.28. The lowest BCUT2D eigenvalue weighted by atomic mass is 9.82. The molecule has 1 heterocycles. The zero-order chi connectivity index (χ0) is 12.1. The summed E-state index contributed by atoms with van der Waals surface area (Å²) in [5.41, 5.74) is 0. The third-order valence-corrected chi connectivity index (χ3v) is 3.54. The monoisotopic (exact) mass is 234 g/mol. The van der Waals surface area contributed by atoms with Crippen LogP contribution < -0.4 is 10.6 Å². The molecule has 0 radical (unpaired) electrons. The Hall–Kier alpha value is -1.32. The highest BCUT2D eigenvalue weighted by Crippen LogP contribution is 2.28. The molecule has 0 amide bonds. The van der Waals surface area contributed by atoms with Gasteiger partial charge in [-0.2, -0.15) is 0 Å². The topological polar surface area (TPSA) is 49.8 Å². The summed E-state index contributed by atoms with van der Waals surface area (Å²) in [5.74, 6) is 3.46. The minimum atomic E-state index is 0.798. The van der Waals surface area contributed by atoms with Crippen LogP contribution in [0.1, 0.15) is 32.6 Å². The Balaban J connectivity index is 1.84. The van der Waals surface area contributed by atoms with E-state index in [1.54, 1.807) is 6.33 Å². The highest BCUT2D eigenvalue weighted by molar-refractivity contribution is 5.45. The Kier molecular flexibility index (Phi) is 4.18. The van der Waals surface area contributed by atoms with Gasteiger partial charge in [0.2, 0.25) is 0 Å². The summed E-state index contributed by atoms with van der Waals surface area (Å²) >= 11 is 0. The van der Waals surface area contributed by atoms with E-state index in [4.69, 9.17) is 0 Å². The van der Waals surface area contributed by atoms with E-state index in [9.17, 15) is 0 Å². The van der Waals surface area contributed by atoms with Crippen molar-refractivity contribution in [1.82, 2.24) is 9.97 Å². The van der Waals surface area contributed by atoms with Gasteiger partial charge in [0.25, 0.3) is 0 Å². The van der Waals surface area contributed by atoms with Crippen LogP contribution in [0.3, 0.4) is 0 Å². The van der Waals surface area contributed by atoms with Gasteiger partial charge in [-0.3, -0.25) is 0 Å². The van der Waals surface area contributed by atoms with E-state index >= 15 is 0 Å². The van der Waals surface area contributed by atoms with E-state index in [1.165, 1.54) is 25.7 Å². The number of anilines is 2. The molecule has 17 heavy (non-hydrogen) atoms. The number of hydrogen-bond donors (Lipinski definition) is 2. The van der Waals surface area contributed by atoms with Gasteiger partial charge >= 0.3 is 0 Å². The SMILES string of the molecule is CNc1cc(NCC2CCCC(C)C2)ncn1. The molecular formula is C13H22N4. The van der Waals surface area contributed by atoms with Crippen molar-refractivity contribution in [2.45, 2.75) is 32.6 Å². The second kappa shape index (κ2) is 5.84. The van der Waals surface area contributed by atoms with Crippen molar-refractivity contribution in [3.8, 4) is 0 Å². The first-order valence-electron chi connectivity index (χ1n) is 6.51. The van der Waals surface area contributed by atoms with Crippen LogP contribution in [0.4, 0.5) is 11.6 Å². The molecule has 0 aromatic carbocycles. The van der Waals surface area contributed by atoms with Crippen LogP contribution in [0.15, 0.2) is 12.4 Å². The molecule has 1 aromatic heterocycles. The van der Waals surface area contributed by atoms with Gasteiger partial charge in [0.15, 0.2) is 0 Å². The third kappa shape index (κ3) is 3.58. The van der Waals surface area contributed by atoms with Crippen molar-refractivity contribution in [3.63, 3.8) is 0 Å². The summed E-state index contributed by atoms with van der Waals surface area (Å²) in [6, 6.07) is 1.95. The van der Waals surface area contributed by atoms with Crippen molar-refractivity contribution >= 4 is 11.6 Å². The Morgan fingerprint density at radius 3 is 2.88 bits per heavy atom. The van der Waals surface area contributed by atoms with Crippen LogP contribution in [-0.4, -0.2) is 23.6 Å². The van der Waals surface area contributed by atoms with Crippen molar-refractivity contribution in [2.24, 2.45) is 11.8 Å². The average molecular weight is 234 g/mol. The summed E-state index contributed by atoms with van der Waals surface area (Å²) in [4.78, 5) is 8.33. The maximum absolute atomic E-state index is 4.23. The summed E-state index contributed by atoms with van der Waals surface area (Å²) in [7, 11) is 1.87. The predicted octanol–water partition coefficient (Wildman–Crippen LogP) is 2.76. The smallest absolute Gasteiger partial charge is 0.131 e. The highest BCUT2D eigenvalue weighted by Gasteiger charge is 2.18. The van der Waals surface area contributed by atoms with E-state index in [0.29, 0.717) is 0 Å². The second-order valence-electron chi connectivity index (χ2n) is 5.06. The normalized spacial score (nSPS) is 24.4. The molecule has 1 saturated carbocycles. The molecule has 1 aromatic rings. The minimum Gasteiger partial charge on any atom is -0.373 e. The predicted molar refractivity (Wildman–Crippen MR) is 71.2 cm³/mol. The molecular weight excluding hydrogens is 212 g/mol. The van der Waals surface area contributed by atoms with Crippen molar-refractivity contribution in [1.29, 1.82) is 0 Å². The van der Waals surface area contributed by atoms with Crippen LogP contribution in [0.5, 0.6) is 0 Å². The van der Waals surface area contributed by atoms with Crippen molar-refractivity contribution in [2.75, 3.05) is 24.2 Å². The Morgan fingerprint density at radius 2 is 2.12 bits per heavy atom. The molecule has 1 fully saturated rings. The molecule has 1 aliphatic rings. The summed E-state index contributed by atoms with van der Waals surface area (Å²) < 4.78 is 0. The van der Waals surface area contributed by atoms with Gasteiger partial charge in [-0.05, 0) is 24.7 Å². The zero-order valence-electron chi connectivity index (χ0n) is 10.7. The molecule has 94 valence electrons. The van der Waals surface area contributed by atoms with Gasteiger partial charge in [0.1, 0.15) is 18.0 Å². The summed E-state index contributed by atoms with van der Waals surface area (Å²) in [6.07, 6.45) is 7.06. The molecule has 0 aliphatic heterocycles. The molecule has 0 saturated heterocycles. The Bertz CT molecular complexity index is 353. The highest BCUT2D eigenvalue weighted by atomic mass is 15.1. The van der Waals surface area contributed by atoms with E-state index in [0.717, 1.165) is 30.0 Å². The van der Waals surface area contributed by atoms with Crippen LogP contribution >= 0.6 is 0 Å². The number of rotatable bonds is 4. The molecule has 2 rings (SSSR count). The van der Waals surface area contributed by atoms with Crippen molar-refractivity contribution in [3.05, 3.63) is 12.4 Å². The first kappa shape index (κ1) is 12.1. The molecule has 2 unspecified atom stereocenters. The molecule has 2 atom stereocenters. The van der Waals surface area contributed by atoms with Gasteiger partial charge in [-0.25, -0.2) is 9.97 Å².